The number of furan rings is 1. The highest BCUT2D eigenvalue weighted by atomic mass is 16.3. The molecule has 0 amide bonds. The van der Waals surface area contributed by atoms with Crippen molar-refractivity contribution >= 4 is 43.5 Å². The Morgan fingerprint density at radius 2 is 0.864 bits per heavy atom. The first-order chi connectivity index (χ1) is 32.0. The van der Waals surface area contributed by atoms with E-state index in [9.17, 15) is 0 Å². The van der Waals surface area contributed by atoms with Crippen molar-refractivity contribution in [2.45, 2.75) is 57.8 Å². The van der Waals surface area contributed by atoms with E-state index in [0.717, 1.165) is 44.2 Å². The summed E-state index contributed by atoms with van der Waals surface area (Å²) in [6.45, 7) is 14.0. The van der Waals surface area contributed by atoms with Crippen LogP contribution in [-0.4, -0.2) is 15.0 Å². The van der Waals surface area contributed by atoms with Crippen molar-refractivity contribution in [3.8, 4) is 67.5 Å². The zero-order chi connectivity index (χ0) is 44.4. The summed E-state index contributed by atoms with van der Waals surface area (Å²) in [5, 5.41) is 6.88. The van der Waals surface area contributed by atoms with Crippen molar-refractivity contribution in [3.05, 3.63) is 197 Å². The number of benzene rings is 9. The van der Waals surface area contributed by atoms with Gasteiger partial charge < -0.3 is 4.42 Å². The van der Waals surface area contributed by atoms with E-state index in [1.165, 1.54) is 82.7 Å². The number of hydrogen-bond acceptors (Lipinski definition) is 4. The molecule has 0 unspecified atom stereocenters. The molecule has 4 heteroatoms. The van der Waals surface area contributed by atoms with Gasteiger partial charge in [-0.05, 0) is 119 Å². The molecule has 3 aliphatic carbocycles. The van der Waals surface area contributed by atoms with E-state index < -0.39 is 0 Å². The Bertz CT molecular complexity index is 3980. The Labute approximate surface area is 383 Å². The highest BCUT2D eigenvalue weighted by molar-refractivity contribution is 6.18. The summed E-state index contributed by atoms with van der Waals surface area (Å²) in [6.07, 6.45) is 0. The first-order valence-corrected chi connectivity index (χ1v) is 23.2. The molecule has 66 heavy (non-hydrogen) atoms. The summed E-state index contributed by atoms with van der Waals surface area (Å²) < 4.78 is 6.93. The minimum Gasteiger partial charge on any atom is -0.455 e. The minimum atomic E-state index is -0.275. The van der Waals surface area contributed by atoms with Gasteiger partial charge in [-0.1, -0.05) is 169 Å². The molecule has 0 fully saturated rings. The molecule has 4 nitrogen and oxygen atoms in total. The number of hydrogen-bond donors (Lipinski definition) is 0. The van der Waals surface area contributed by atoms with Crippen LogP contribution < -0.4 is 0 Å². The molecule has 0 atom stereocenters. The van der Waals surface area contributed by atoms with Gasteiger partial charge in [-0.15, -0.1) is 0 Å². The van der Waals surface area contributed by atoms with E-state index in [2.05, 4.69) is 199 Å². The van der Waals surface area contributed by atoms with Crippen molar-refractivity contribution in [1.82, 2.24) is 15.0 Å². The van der Waals surface area contributed by atoms with Crippen molar-refractivity contribution in [3.63, 3.8) is 0 Å². The van der Waals surface area contributed by atoms with Crippen LogP contribution in [0.2, 0.25) is 0 Å². The monoisotopic (exact) mass is 847 g/mol. The largest absolute Gasteiger partial charge is 0.455 e. The Balaban J connectivity index is 1.03. The molecule has 0 radical (unpaired) electrons. The van der Waals surface area contributed by atoms with Crippen LogP contribution >= 0.6 is 0 Å². The summed E-state index contributed by atoms with van der Waals surface area (Å²) in [5.74, 6) is 1.90. The zero-order valence-corrected chi connectivity index (χ0v) is 37.8. The lowest BCUT2D eigenvalue weighted by Gasteiger charge is -2.22. The van der Waals surface area contributed by atoms with E-state index in [4.69, 9.17) is 19.4 Å². The van der Waals surface area contributed by atoms with Crippen LogP contribution in [-0.2, 0) is 16.2 Å². The highest BCUT2D eigenvalue weighted by Gasteiger charge is 2.40. The summed E-state index contributed by atoms with van der Waals surface area (Å²) in [7, 11) is 0. The van der Waals surface area contributed by atoms with Gasteiger partial charge in [0, 0.05) is 49.3 Å². The molecule has 11 aromatic rings. The predicted molar refractivity (Wildman–Crippen MR) is 271 cm³/mol. The van der Waals surface area contributed by atoms with Crippen LogP contribution in [0.3, 0.4) is 0 Å². The van der Waals surface area contributed by atoms with E-state index in [1.807, 2.05) is 6.07 Å². The quantitative estimate of drug-likeness (QED) is 0.166. The van der Waals surface area contributed by atoms with Gasteiger partial charge in [0.1, 0.15) is 11.2 Å². The first-order valence-electron chi connectivity index (χ1n) is 23.2. The van der Waals surface area contributed by atoms with E-state index in [1.54, 1.807) is 0 Å². The van der Waals surface area contributed by atoms with Crippen LogP contribution in [0.15, 0.2) is 168 Å². The third-order valence-corrected chi connectivity index (χ3v) is 15.7. The van der Waals surface area contributed by atoms with Gasteiger partial charge in [0.2, 0.25) is 0 Å². The van der Waals surface area contributed by atoms with Gasteiger partial charge in [-0.25, -0.2) is 15.0 Å². The van der Waals surface area contributed by atoms with Gasteiger partial charge in [-0.3, -0.25) is 0 Å². The second-order valence-electron chi connectivity index (χ2n) is 20.3. The molecule has 14 rings (SSSR count). The van der Waals surface area contributed by atoms with E-state index in [-0.39, 0.29) is 16.2 Å². The molecule has 9 aromatic carbocycles. The van der Waals surface area contributed by atoms with Crippen molar-refractivity contribution in [1.29, 1.82) is 0 Å². The maximum atomic E-state index is 6.93. The first kappa shape index (κ1) is 37.7. The molecular weight excluding hydrogens is 803 g/mol. The van der Waals surface area contributed by atoms with Crippen LogP contribution in [0.25, 0.3) is 111 Å². The normalized spacial score (nSPS) is 15.5. The van der Waals surface area contributed by atoms with E-state index >= 15 is 0 Å². The zero-order valence-electron chi connectivity index (χ0n) is 37.8. The molecule has 0 spiro atoms. The number of nitrogens with zero attached hydrogens (tertiary/aromatic N) is 3. The average molecular weight is 848 g/mol. The van der Waals surface area contributed by atoms with Crippen molar-refractivity contribution in [2.24, 2.45) is 0 Å². The van der Waals surface area contributed by atoms with Crippen LogP contribution in [0.5, 0.6) is 0 Å². The number of rotatable bonds is 3. The molecule has 2 aromatic heterocycles. The Morgan fingerprint density at radius 1 is 0.348 bits per heavy atom. The second-order valence-corrected chi connectivity index (χ2v) is 20.3. The minimum absolute atomic E-state index is 0.113. The molecule has 0 saturated heterocycles. The van der Waals surface area contributed by atoms with Crippen LogP contribution in [0.4, 0.5) is 0 Å². The molecular formula is C62H45N3O. The van der Waals surface area contributed by atoms with Crippen LogP contribution in [0.1, 0.15) is 74.9 Å². The SMILES string of the molecule is CC1(C)c2ccccc2-c2ccc(-c3nc(-c4ccc5ccc6cc7c(cc6c5c4)C(C)(C)c4ccccc4-7)nc(-c4cc5c(c6oc7ccccc7c46)-c4ccccc4C5(C)C)n3)cc21. The maximum absolute atomic E-state index is 6.93. The van der Waals surface area contributed by atoms with Gasteiger partial charge in [0.25, 0.3) is 0 Å². The molecule has 314 valence electrons. The number of aromatic nitrogens is 3. The van der Waals surface area contributed by atoms with Crippen molar-refractivity contribution < 1.29 is 4.42 Å². The summed E-state index contributed by atoms with van der Waals surface area (Å²) in [4.78, 5) is 16.5. The third kappa shape index (κ3) is 4.91. The van der Waals surface area contributed by atoms with Gasteiger partial charge in [-0.2, -0.15) is 0 Å². The smallest absolute Gasteiger partial charge is 0.164 e. The Morgan fingerprint density at radius 3 is 1.61 bits per heavy atom. The number of fused-ring (bicyclic) bond motifs is 16. The summed E-state index contributed by atoms with van der Waals surface area (Å²) in [6, 6.07) is 60.0. The molecule has 0 saturated carbocycles. The average Bonchev–Trinajstić information content (AvgIpc) is 3.99. The van der Waals surface area contributed by atoms with Gasteiger partial charge >= 0.3 is 0 Å². The Kier molecular flexibility index (Phi) is 7.28. The van der Waals surface area contributed by atoms with E-state index in [0.29, 0.717) is 17.5 Å². The predicted octanol–water partition coefficient (Wildman–Crippen LogP) is 16.0. The molecule has 2 heterocycles. The fraction of sp³-hybridized carbons (Fsp3) is 0.145. The fourth-order valence-electron chi connectivity index (χ4n) is 12.2. The molecule has 0 N–H and O–H groups in total. The molecule has 3 aliphatic rings. The lowest BCUT2D eigenvalue weighted by molar-refractivity contribution is 0.653. The highest BCUT2D eigenvalue weighted by Crippen LogP contribution is 2.56. The lowest BCUT2D eigenvalue weighted by Crippen LogP contribution is -2.15. The maximum Gasteiger partial charge on any atom is 0.164 e. The summed E-state index contributed by atoms with van der Waals surface area (Å²) >= 11 is 0. The molecule has 0 bridgehead atoms. The van der Waals surface area contributed by atoms with Crippen molar-refractivity contribution in [2.75, 3.05) is 0 Å². The van der Waals surface area contributed by atoms with Gasteiger partial charge in [0.05, 0.1) is 0 Å². The second kappa shape index (κ2) is 12.8. The fourth-order valence-corrected chi connectivity index (χ4v) is 12.2. The number of para-hydroxylation sites is 1. The topological polar surface area (TPSA) is 51.8 Å². The molecule has 0 aliphatic heterocycles. The summed E-state index contributed by atoms with van der Waals surface area (Å²) in [5.41, 5.74) is 19.4. The van der Waals surface area contributed by atoms with Gasteiger partial charge in [0.15, 0.2) is 17.5 Å². The Hall–Kier alpha value is -7.69. The standard InChI is InChI=1S/C62H45N3O/c1-60(2)47-19-11-7-15-38(47)40-28-27-37(31-50(40)60)58-63-57(36-26-24-34-23-25-35-29-45-39-16-8-12-20-48(39)61(3,4)51(45)32-44(35)43(34)30-36)64-59(65-58)46-33-52-55(41-17-9-13-21-49(41)62(52,5)6)56-54(46)42-18-10-14-22-53(42)66-56/h7-33H,1-6H3. The third-order valence-electron chi connectivity index (χ3n) is 15.7. The van der Waals surface area contributed by atoms with Crippen LogP contribution in [0, 0.1) is 0 Å². The lowest BCUT2D eigenvalue weighted by atomic mass is 9.81.